The van der Waals surface area contributed by atoms with Crippen LogP contribution in [0.25, 0.3) is 0 Å². The average molecular weight is 235 g/mol. The molecule has 0 saturated carbocycles. The number of hydrogen-bond donors (Lipinski definition) is 1. The van der Waals surface area contributed by atoms with E-state index >= 15 is 0 Å². The van der Waals surface area contributed by atoms with Crippen molar-refractivity contribution in [3.63, 3.8) is 0 Å². The second-order valence-corrected chi connectivity index (χ2v) is 4.74. The van der Waals surface area contributed by atoms with Gasteiger partial charge in [-0.3, -0.25) is 4.90 Å². The highest BCUT2D eigenvalue weighted by Gasteiger charge is 2.19. The minimum atomic E-state index is 0.247. The number of rotatable bonds is 2. The van der Waals surface area contributed by atoms with Gasteiger partial charge in [0.25, 0.3) is 0 Å². The van der Waals surface area contributed by atoms with Crippen molar-refractivity contribution in [2.24, 2.45) is 0 Å². The lowest BCUT2D eigenvalue weighted by Crippen LogP contribution is -2.29. The van der Waals surface area contributed by atoms with Crippen molar-refractivity contribution < 1.29 is 9.84 Å². The molecule has 0 aromatic heterocycles. The normalized spacial score (nSPS) is 19.9. The third kappa shape index (κ3) is 2.99. The lowest BCUT2D eigenvalue weighted by atomic mass is 10.0. The molecule has 1 aromatic carbocycles. The molecule has 3 heteroatoms. The highest BCUT2D eigenvalue weighted by Crippen LogP contribution is 2.29. The Morgan fingerprint density at radius 3 is 2.94 bits per heavy atom. The Balaban J connectivity index is 2.16. The Morgan fingerprint density at radius 2 is 2.12 bits per heavy atom. The predicted molar refractivity (Wildman–Crippen MR) is 68.3 cm³/mol. The third-order valence-corrected chi connectivity index (χ3v) is 3.44. The highest BCUT2D eigenvalue weighted by atomic mass is 16.5. The minimum absolute atomic E-state index is 0.247. The Bertz CT molecular complexity index is 370. The van der Waals surface area contributed by atoms with Crippen LogP contribution in [0, 0.1) is 6.92 Å². The van der Waals surface area contributed by atoms with E-state index < -0.39 is 0 Å². The molecular formula is C14H21NO2. The zero-order valence-corrected chi connectivity index (χ0v) is 10.6. The Hall–Kier alpha value is -1.06. The van der Waals surface area contributed by atoms with E-state index in [1.807, 2.05) is 6.07 Å². The molecule has 1 saturated heterocycles. The smallest absolute Gasteiger partial charge is 0.120 e. The zero-order chi connectivity index (χ0) is 12.3. The van der Waals surface area contributed by atoms with Crippen LogP contribution in [0.5, 0.6) is 5.75 Å². The number of aryl methyl sites for hydroxylation is 1. The van der Waals surface area contributed by atoms with Crippen molar-refractivity contribution in [3.05, 3.63) is 29.3 Å². The van der Waals surface area contributed by atoms with E-state index in [2.05, 4.69) is 24.8 Å². The summed E-state index contributed by atoms with van der Waals surface area (Å²) in [5.41, 5.74) is 2.21. The van der Waals surface area contributed by atoms with Crippen LogP contribution >= 0.6 is 0 Å². The van der Waals surface area contributed by atoms with Crippen LogP contribution in [0.15, 0.2) is 18.2 Å². The van der Waals surface area contributed by atoms with E-state index in [-0.39, 0.29) is 6.04 Å². The van der Waals surface area contributed by atoms with Crippen LogP contribution in [-0.4, -0.2) is 36.3 Å². The predicted octanol–water partition coefficient (Wildman–Crippen LogP) is 2.48. The van der Waals surface area contributed by atoms with Crippen molar-refractivity contribution in [2.45, 2.75) is 26.3 Å². The summed E-state index contributed by atoms with van der Waals surface area (Å²) in [5, 5.41) is 9.95. The number of phenols is 1. The van der Waals surface area contributed by atoms with Crippen LogP contribution < -0.4 is 0 Å². The van der Waals surface area contributed by atoms with Crippen LogP contribution in [0.3, 0.4) is 0 Å². The summed E-state index contributed by atoms with van der Waals surface area (Å²) >= 11 is 0. The molecular weight excluding hydrogens is 214 g/mol. The van der Waals surface area contributed by atoms with Gasteiger partial charge in [-0.1, -0.05) is 17.7 Å². The molecule has 1 atom stereocenters. The molecule has 94 valence electrons. The molecule has 1 fully saturated rings. The van der Waals surface area contributed by atoms with Gasteiger partial charge in [-0.25, -0.2) is 0 Å². The maximum absolute atomic E-state index is 9.95. The highest BCUT2D eigenvalue weighted by molar-refractivity contribution is 5.37. The van der Waals surface area contributed by atoms with E-state index in [9.17, 15) is 5.11 Å². The van der Waals surface area contributed by atoms with Crippen LogP contribution in [0.4, 0.5) is 0 Å². The summed E-state index contributed by atoms with van der Waals surface area (Å²) in [6.45, 7) is 7.82. The summed E-state index contributed by atoms with van der Waals surface area (Å²) in [6, 6.07) is 6.05. The second-order valence-electron chi connectivity index (χ2n) is 4.74. The SMILES string of the molecule is Cc1ccc(O)c(C(C)N2CCCOCC2)c1. The summed E-state index contributed by atoms with van der Waals surface area (Å²) in [5.74, 6) is 0.397. The van der Waals surface area contributed by atoms with E-state index in [0.29, 0.717) is 5.75 Å². The summed E-state index contributed by atoms with van der Waals surface area (Å²) in [7, 11) is 0. The first-order valence-corrected chi connectivity index (χ1v) is 6.30. The number of nitrogens with zero attached hydrogens (tertiary/aromatic N) is 1. The van der Waals surface area contributed by atoms with Gasteiger partial charge in [-0.15, -0.1) is 0 Å². The minimum Gasteiger partial charge on any atom is -0.508 e. The second kappa shape index (κ2) is 5.52. The summed E-state index contributed by atoms with van der Waals surface area (Å²) < 4.78 is 5.46. The van der Waals surface area contributed by atoms with Crippen molar-refractivity contribution in [1.29, 1.82) is 0 Å². The quantitative estimate of drug-likeness (QED) is 0.855. The fraction of sp³-hybridized carbons (Fsp3) is 0.571. The van der Waals surface area contributed by atoms with Crippen molar-refractivity contribution in [3.8, 4) is 5.75 Å². The first-order chi connectivity index (χ1) is 8.18. The molecule has 3 nitrogen and oxygen atoms in total. The van der Waals surface area contributed by atoms with Gasteiger partial charge in [-0.2, -0.15) is 0 Å². The van der Waals surface area contributed by atoms with Gasteiger partial charge in [0.2, 0.25) is 0 Å². The molecule has 0 spiro atoms. The molecule has 0 bridgehead atoms. The van der Waals surface area contributed by atoms with Crippen LogP contribution in [-0.2, 0) is 4.74 Å². The summed E-state index contributed by atoms with van der Waals surface area (Å²) in [6.07, 6.45) is 1.07. The first kappa shape index (κ1) is 12.4. The molecule has 1 aliphatic heterocycles. The lowest BCUT2D eigenvalue weighted by molar-refractivity contribution is 0.133. The number of benzene rings is 1. The monoisotopic (exact) mass is 235 g/mol. The van der Waals surface area contributed by atoms with Gasteiger partial charge in [0.15, 0.2) is 0 Å². The van der Waals surface area contributed by atoms with Gasteiger partial charge in [0, 0.05) is 31.3 Å². The fourth-order valence-corrected chi connectivity index (χ4v) is 2.36. The van der Waals surface area contributed by atoms with Gasteiger partial charge in [0.1, 0.15) is 5.75 Å². The molecule has 2 rings (SSSR count). The van der Waals surface area contributed by atoms with Gasteiger partial charge >= 0.3 is 0 Å². The van der Waals surface area contributed by atoms with Crippen molar-refractivity contribution in [2.75, 3.05) is 26.3 Å². The first-order valence-electron chi connectivity index (χ1n) is 6.30. The van der Waals surface area contributed by atoms with Gasteiger partial charge < -0.3 is 9.84 Å². The van der Waals surface area contributed by atoms with Gasteiger partial charge in [0.05, 0.1) is 6.61 Å². The molecule has 1 aliphatic rings. The molecule has 0 radical (unpaired) electrons. The van der Waals surface area contributed by atoms with E-state index in [1.165, 1.54) is 5.56 Å². The maximum Gasteiger partial charge on any atom is 0.120 e. The van der Waals surface area contributed by atoms with Crippen molar-refractivity contribution in [1.82, 2.24) is 4.90 Å². The third-order valence-electron chi connectivity index (χ3n) is 3.44. The lowest BCUT2D eigenvalue weighted by Gasteiger charge is -2.28. The Kier molecular flexibility index (Phi) is 4.02. The molecule has 17 heavy (non-hydrogen) atoms. The van der Waals surface area contributed by atoms with E-state index in [0.717, 1.165) is 38.3 Å². The summed E-state index contributed by atoms with van der Waals surface area (Å²) in [4.78, 5) is 2.38. The largest absolute Gasteiger partial charge is 0.508 e. The van der Waals surface area contributed by atoms with Crippen molar-refractivity contribution >= 4 is 0 Å². The number of hydrogen-bond acceptors (Lipinski definition) is 3. The van der Waals surface area contributed by atoms with Crippen LogP contribution in [0.1, 0.15) is 30.5 Å². The average Bonchev–Trinajstić information content (AvgIpc) is 2.60. The molecule has 1 heterocycles. The Morgan fingerprint density at radius 1 is 1.29 bits per heavy atom. The fourth-order valence-electron chi connectivity index (χ4n) is 2.36. The number of phenolic OH excluding ortho intramolecular Hbond substituents is 1. The number of ether oxygens (including phenoxy) is 1. The molecule has 0 aliphatic carbocycles. The maximum atomic E-state index is 9.95. The van der Waals surface area contributed by atoms with E-state index in [4.69, 9.17) is 4.74 Å². The van der Waals surface area contributed by atoms with E-state index in [1.54, 1.807) is 6.07 Å². The Labute approximate surface area is 103 Å². The standard InChI is InChI=1S/C14H21NO2/c1-11-4-5-14(16)13(10-11)12(2)15-6-3-8-17-9-7-15/h4-5,10,12,16H,3,6-9H2,1-2H3. The molecule has 1 N–H and O–H groups in total. The number of aromatic hydroxyl groups is 1. The molecule has 0 amide bonds. The zero-order valence-electron chi connectivity index (χ0n) is 10.6. The van der Waals surface area contributed by atoms with Gasteiger partial charge in [-0.05, 0) is 26.3 Å². The topological polar surface area (TPSA) is 32.7 Å². The molecule has 1 aromatic rings. The van der Waals surface area contributed by atoms with Crippen LogP contribution in [0.2, 0.25) is 0 Å². The molecule has 1 unspecified atom stereocenters.